The first-order chi connectivity index (χ1) is 8.83. The molecule has 0 aliphatic carbocycles. The third-order valence-corrected chi connectivity index (χ3v) is 3.02. The summed E-state index contributed by atoms with van der Waals surface area (Å²) in [5.74, 6) is -0.257. The minimum Gasteiger partial charge on any atom is -0.364 e. The first-order valence-corrected chi connectivity index (χ1v) is 5.87. The van der Waals surface area contributed by atoms with Gasteiger partial charge in [0.25, 0.3) is 5.91 Å². The van der Waals surface area contributed by atoms with Gasteiger partial charge in [0.1, 0.15) is 6.26 Å². The summed E-state index contributed by atoms with van der Waals surface area (Å²) in [5.41, 5.74) is 3.64. The minimum atomic E-state index is -0.257. The largest absolute Gasteiger partial charge is 0.364 e. The predicted molar refractivity (Wildman–Crippen MR) is 66.3 cm³/mol. The summed E-state index contributed by atoms with van der Waals surface area (Å²) in [6.07, 6.45) is 2.42. The zero-order valence-electron chi connectivity index (χ0n) is 9.77. The molecule has 3 rings (SSSR count). The number of anilines is 1. The van der Waals surface area contributed by atoms with Gasteiger partial charge < -0.3 is 15.2 Å². The second kappa shape index (κ2) is 4.62. The smallest absolute Gasteiger partial charge is 0.277 e. The lowest BCUT2D eigenvalue weighted by Crippen LogP contribution is -2.23. The second-order valence-electron chi connectivity index (χ2n) is 4.25. The Morgan fingerprint density at radius 2 is 2.28 bits per heavy atom. The molecular formula is C13H13N3O2. The molecule has 0 fully saturated rings. The van der Waals surface area contributed by atoms with Crippen LogP contribution in [0, 0.1) is 0 Å². The number of nitrogens with zero attached hydrogens (tertiary/aromatic N) is 1. The van der Waals surface area contributed by atoms with Crippen molar-refractivity contribution in [3.8, 4) is 0 Å². The van der Waals surface area contributed by atoms with Gasteiger partial charge in [-0.05, 0) is 36.2 Å². The number of hydrogen-bond acceptors (Lipinski definition) is 4. The normalized spacial score (nSPS) is 14.0. The van der Waals surface area contributed by atoms with Crippen LogP contribution in [0.5, 0.6) is 0 Å². The molecule has 0 spiro atoms. The summed E-state index contributed by atoms with van der Waals surface area (Å²) in [6.45, 7) is 1.86. The van der Waals surface area contributed by atoms with E-state index in [2.05, 4.69) is 26.4 Å². The zero-order chi connectivity index (χ0) is 12.4. The fourth-order valence-electron chi connectivity index (χ4n) is 2.08. The number of aromatic nitrogens is 1. The average Bonchev–Trinajstić information content (AvgIpc) is 2.92. The van der Waals surface area contributed by atoms with Gasteiger partial charge in [-0.3, -0.25) is 4.79 Å². The van der Waals surface area contributed by atoms with Gasteiger partial charge in [0.15, 0.2) is 5.69 Å². The molecule has 0 unspecified atom stereocenters. The molecule has 5 nitrogen and oxygen atoms in total. The van der Waals surface area contributed by atoms with E-state index in [0.717, 1.165) is 25.2 Å². The highest BCUT2D eigenvalue weighted by Gasteiger charge is 2.12. The maximum atomic E-state index is 11.8. The van der Waals surface area contributed by atoms with E-state index in [-0.39, 0.29) is 11.6 Å². The van der Waals surface area contributed by atoms with Crippen LogP contribution in [-0.4, -0.2) is 17.6 Å². The number of rotatable bonds is 2. The van der Waals surface area contributed by atoms with Crippen LogP contribution in [0.15, 0.2) is 35.1 Å². The molecule has 2 N–H and O–H groups in total. The zero-order valence-corrected chi connectivity index (χ0v) is 9.77. The maximum absolute atomic E-state index is 11.8. The molecule has 1 aromatic heterocycles. The number of carbonyl (C=O) groups is 1. The molecule has 2 aromatic rings. The Balaban J connectivity index is 1.79. The number of amides is 1. The third-order valence-electron chi connectivity index (χ3n) is 3.02. The van der Waals surface area contributed by atoms with Crippen molar-refractivity contribution in [2.75, 3.05) is 11.9 Å². The monoisotopic (exact) mass is 243 g/mol. The molecule has 0 atom stereocenters. The van der Waals surface area contributed by atoms with Gasteiger partial charge in [-0.25, -0.2) is 0 Å². The highest BCUT2D eigenvalue weighted by atomic mass is 16.5. The van der Waals surface area contributed by atoms with Crippen molar-refractivity contribution in [3.05, 3.63) is 47.3 Å². The Hall–Kier alpha value is -2.14. The molecule has 0 saturated heterocycles. The third kappa shape index (κ3) is 2.12. The molecule has 2 heterocycles. The van der Waals surface area contributed by atoms with E-state index in [1.807, 2.05) is 12.1 Å². The molecule has 0 bridgehead atoms. The van der Waals surface area contributed by atoms with E-state index in [1.165, 1.54) is 23.5 Å². The van der Waals surface area contributed by atoms with Gasteiger partial charge in [0.05, 0.1) is 0 Å². The summed E-state index contributed by atoms with van der Waals surface area (Å²) >= 11 is 0. The number of fused-ring (bicyclic) bond motifs is 1. The summed E-state index contributed by atoms with van der Waals surface area (Å²) in [5, 5.41) is 9.71. The molecule has 1 aliphatic rings. The summed E-state index contributed by atoms with van der Waals surface area (Å²) in [4.78, 5) is 11.8. The van der Waals surface area contributed by atoms with E-state index >= 15 is 0 Å². The van der Waals surface area contributed by atoms with Crippen LogP contribution in [0.3, 0.4) is 0 Å². The van der Waals surface area contributed by atoms with E-state index in [4.69, 9.17) is 0 Å². The van der Waals surface area contributed by atoms with E-state index in [9.17, 15) is 4.79 Å². The topological polar surface area (TPSA) is 67.2 Å². The Kier molecular flexibility index (Phi) is 2.82. The van der Waals surface area contributed by atoms with E-state index in [0.29, 0.717) is 0 Å². The fourth-order valence-corrected chi connectivity index (χ4v) is 2.08. The summed E-state index contributed by atoms with van der Waals surface area (Å²) in [6, 6.07) is 7.52. The van der Waals surface area contributed by atoms with Crippen molar-refractivity contribution in [3.63, 3.8) is 0 Å². The van der Waals surface area contributed by atoms with Crippen LogP contribution in [-0.2, 0) is 13.0 Å². The first-order valence-electron chi connectivity index (χ1n) is 5.87. The highest BCUT2D eigenvalue weighted by Crippen LogP contribution is 2.19. The van der Waals surface area contributed by atoms with Crippen LogP contribution in [0.2, 0.25) is 0 Å². The van der Waals surface area contributed by atoms with E-state index < -0.39 is 0 Å². The fraction of sp³-hybridized carbons (Fsp3) is 0.231. The Morgan fingerprint density at radius 1 is 1.33 bits per heavy atom. The lowest BCUT2D eigenvalue weighted by Gasteiger charge is -2.17. The van der Waals surface area contributed by atoms with Gasteiger partial charge in [-0.15, -0.1) is 0 Å². The predicted octanol–water partition coefficient (Wildman–Crippen LogP) is 1.57. The standard InChI is InChI=1S/C13H13N3O2/c17-13(12-4-6-18-16-12)15-11-2-1-9-3-5-14-8-10(9)7-11/h1-2,4,6-7,14H,3,5,8H2,(H,15,17). The Bertz CT molecular complexity index is 564. The maximum Gasteiger partial charge on any atom is 0.277 e. The molecule has 0 radical (unpaired) electrons. The first kappa shape index (κ1) is 11.0. The highest BCUT2D eigenvalue weighted by molar-refractivity contribution is 6.02. The second-order valence-corrected chi connectivity index (χ2v) is 4.25. The lowest BCUT2D eigenvalue weighted by atomic mass is 10.0. The molecule has 92 valence electrons. The summed E-state index contributed by atoms with van der Waals surface area (Å²) in [7, 11) is 0. The van der Waals surface area contributed by atoms with Crippen molar-refractivity contribution in [2.45, 2.75) is 13.0 Å². The minimum absolute atomic E-state index is 0.257. The molecular weight excluding hydrogens is 230 g/mol. The van der Waals surface area contributed by atoms with Crippen molar-refractivity contribution < 1.29 is 9.32 Å². The lowest BCUT2D eigenvalue weighted by molar-refractivity contribution is 0.101. The number of nitrogens with one attached hydrogen (secondary N) is 2. The van der Waals surface area contributed by atoms with Gasteiger partial charge >= 0.3 is 0 Å². The van der Waals surface area contributed by atoms with Crippen LogP contribution >= 0.6 is 0 Å². The molecule has 5 heteroatoms. The number of hydrogen-bond donors (Lipinski definition) is 2. The van der Waals surface area contributed by atoms with Crippen molar-refractivity contribution >= 4 is 11.6 Å². The molecule has 1 amide bonds. The van der Waals surface area contributed by atoms with Gasteiger partial charge in [-0.2, -0.15) is 0 Å². The van der Waals surface area contributed by atoms with Crippen LogP contribution in [0.25, 0.3) is 0 Å². The molecule has 1 aliphatic heterocycles. The number of benzene rings is 1. The van der Waals surface area contributed by atoms with Crippen molar-refractivity contribution in [2.24, 2.45) is 0 Å². The SMILES string of the molecule is O=C(Nc1ccc2c(c1)CNCC2)c1ccon1. The molecule has 1 aromatic carbocycles. The van der Waals surface area contributed by atoms with Gasteiger partial charge in [0.2, 0.25) is 0 Å². The quantitative estimate of drug-likeness (QED) is 0.840. The Labute approximate surface area is 104 Å². The number of carbonyl (C=O) groups excluding carboxylic acids is 1. The van der Waals surface area contributed by atoms with Crippen LogP contribution in [0.1, 0.15) is 21.6 Å². The van der Waals surface area contributed by atoms with Crippen molar-refractivity contribution in [1.82, 2.24) is 10.5 Å². The van der Waals surface area contributed by atoms with Crippen LogP contribution < -0.4 is 10.6 Å². The van der Waals surface area contributed by atoms with E-state index in [1.54, 1.807) is 0 Å². The van der Waals surface area contributed by atoms with Crippen LogP contribution in [0.4, 0.5) is 5.69 Å². The average molecular weight is 243 g/mol. The van der Waals surface area contributed by atoms with Gasteiger partial charge in [-0.1, -0.05) is 11.2 Å². The van der Waals surface area contributed by atoms with Crippen molar-refractivity contribution in [1.29, 1.82) is 0 Å². The van der Waals surface area contributed by atoms with Gasteiger partial charge in [0, 0.05) is 18.3 Å². The summed E-state index contributed by atoms with van der Waals surface area (Å²) < 4.78 is 4.64. The molecule has 0 saturated carbocycles. The Morgan fingerprint density at radius 3 is 3.11 bits per heavy atom. The molecule has 18 heavy (non-hydrogen) atoms.